The largest absolute Gasteiger partial charge is 0.351 e. The Balaban J connectivity index is 1.60. The summed E-state index contributed by atoms with van der Waals surface area (Å²) in [5.41, 5.74) is 1.74. The standard InChI is InChI=1S/C23H25N5O2S/c1-16(2)12-13-27-21(30)18-10-6-7-11-19(18)28-22(27)25-26-23(28)31-15-20(29)24-14-17-8-4-3-5-9-17/h3-11,16H,12-15H2,1-2H3,(H,24,29). The zero-order valence-electron chi connectivity index (χ0n) is 17.6. The van der Waals surface area contributed by atoms with Gasteiger partial charge in [0.15, 0.2) is 5.16 Å². The lowest BCUT2D eigenvalue weighted by Gasteiger charge is -2.12. The van der Waals surface area contributed by atoms with Crippen molar-refractivity contribution in [3.05, 3.63) is 70.5 Å². The van der Waals surface area contributed by atoms with E-state index in [4.69, 9.17) is 0 Å². The molecule has 0 atom stereocenters. The number of rotatable bonds is 8. The maximum absolute atomic E-state index is 13.1. The maximum Gasteiger partial charge on any atom is 0.262 e. The molecule has 0 aliphatic heterocycles. The molecule has 0 bridgehead atoms. The lowest BCUT2D eigenvalue weighted by molar-refractivity contribution is -0.118. The van der Waals surface area contributed by atoms with Gasteiger partial charge in [0.05, 0.1) is 16.7 Å². The van der Waals surface area contributed by atoms with E-state index in [0.29, 0.717) is 35.3 Å². The normalized spacial score (nSPS) is 11.5. The van der Waals surface area contributed by atoms with Gasteiger partial charge in [-0.2, -0.15) is 0 Å². The van der Waals surface area contributed by atoms with Crippen LogP contribution < -0.4 is 10.9 Å². The highest BCUT2D eigenvalue weighted by atomic mass is 32.2. The van der Waals surface area contributed by atoms with E-state index in [2.05, 4.69) is 29.4 Å². The molecule has 0 unspecified atom stereocenters. The number of hydrogen-bond donors (Lipinski definition) is 1. The van der Waals surface area contributed by atoms with Crippen LogP contribution in [0.2, 0.25) is 0 Å². The number of hydrogen-bond acceptors (Lipinski definition) is 5. The number of nitrogens with one attached hydrogen (secondary N) is 1. The number of aromatic nitrogens is 4. The molecule has 31 heavy (non-hydrogen) atoms. The molecule has 0 aliphatic carbocycles. The number of benzene rings is 2. The van der Waals surface area contributed by atoms with Crippen LogP contribution in [-0.2, 0) is 17.9 Å². The Hall–Kier alpha value is -3.13. The number of amides is 1. The highest BCUT2D eigenvalue weighted by Crippen LogP contribution is 2.22. The number of nitrogens with zero attached hydrogens (tertiary/aromatic N) is 4. The third-order valence-corrected chi connectivity index (χ3v) is 6.00. The summed E-state index contributed by atoms with van der Waals surface area (Å²) in [4.78, 5) is 25.4. The first-order valence-corrected chi connectivity index (χ1v) is 11.3. The number of thioether (sulfide) groups is 1. The van der Waals surface area contributed by atoms with E-state index in [0.717, 1.165) is 17.5 Å². The van der Waals surface area contributed by atoms with E-state index in [1.165, 1.54) is 11.8 Å². The van der Waals surface area contributed by atoms with Crippen LogP contribution in [0.15, 0.2) is 64.5 Å². The van der Waals surface area contributed by atoms with Crippen molar-refractivity contribution in [3.63, 3.8) is 0 Å². The zero-order valence-corrected chi connectivity index (χ0v) is 18.4. The van der Waals surface area contributed by atoms with Crippen molar-refractivity contribution in [3.8, 4) is 0 Å². The molecule has 4 rings (SSSR count). The lowest BCUT2D eigenvalue weighted by Crippen LogP contribution is -2.25. The van der Waals surface area contributed by atoms with E-state index in [1.54, 1.807) is 4.57 Å². The molecular formula is C23H25N5O2S. The van der Waals surface area contributed by atoms with Crippen LogP contribution in [0.25, 0.3) is 16.7 Å². The molecule has 0 spiro atoms. The molecule has 2 heterocycles. The van der Waals surface area contributed by atoms with Crippen molar-refractivity contribution in [1.82, 2.24) is 24.5 Å². The summed E-state index contributed by atoms with van der Waals surface area (Å²) in [6.07, 6.45) is 0.866. The topological polar surface area (TPSA) is 81.3 Å². The molecule has 8 heteroatoms. The smallest absolute Gasteiger partial charge is 0.262 e. The van der Waals surface area contributed by atoms with Crippen LogP contribution >= 0.6 is 11.8 Å². The summed E-state index contributed by atoms with van der Waals surface area (Å²) in [6.45, 7) is 5.31. The van der Waals surface area contributed by atoms with Crippen LogP contribution in [0.4, 0.5) is 0 Å². The van der Waals surface area contributed by atoms with Gasteiger partial charge in [-0.3, -0.25) is 18.6 Å². The lowest BCUT2D eigenvalue weighted by atomic mass is 10.1. The average molecular weight is 436 g/mol. The minimum Gasteiger partial charge on any atom is -0.351 e. The van der Waals surface area contributed by atoms with Crippen LogP contribution in [0.1, 0.15) is 25.8 Å². The monoisotopic (exact) mass is 435 g/mol. The third-order valence-electron chi connectivity index (χ3n) is 5.07. The van der Waals surface area contributed by atoms with Crippen molar-refractivity contribution < 1.29 is 4.79 Å². The first kappa shape index (κ1) is 21.1. The van der Waals surface area contributed by atoms with Gasteiger partial charge < -0.3 is 5.32 Å². The second-order valence-corrected chi connectivity index (χ2v) is 8.77. The fourth-order valence-electron chi connectivity index (χ4n) is 3.39. The molecule has 160 valence electrons. The van der Waals surface area contributed by atoms with E-state index in [1.807, 2.05) is 59.0 Å². The highest BCUT2D eigenvalue weighted by molar-refractivity contribution is 7.99. The molecule has 4 aromatic rings. The van der Waals surface area contributed by atoms with E-state index in [9.17, 15) is 9.59 Å². The molecule has 1 amide bonds. The fourth-order valence-corrected chi connectivity index (χ4v) is 4.16. The fraction of sp³-hybridized carbons (Fsp3) is 0.304. The number of para-hydroxylation sites is 1. The van der Waals surface area contributed by atoms with Crippen LogP contribution in [-0.4, -0.2) is 30.8 Å². The van der Waals surface area contributed by atoms with Gasteiger partial charge in [0, 0.05) is 13.1 Å². The molecule has 0 saturated heterocycles. The zero-order chi connectivity index (χ0) is 21.8. The summed E-state index contributed by atoms with van der Waals surface area (Å²) >= 11 is 1.32. The van der Waals surface area contributed by atoms with Gasteiger partial charge in [0.25, 0.3) is 5.56 Å². The van der Waals surface area contributed by atoms with Crippen LogP contribution in [0.3, 0.4) is 0 Å². The highest BCUT2D eigenvalue weighted by Gasteiger charge is 2.17. The number of carbonyl (C=O) groups excluding carboxylic acids is 1. The molecule has 0 saturated carbocycles. The summed E-state index contributed by atoms with van der Waals surface area (Å²) < 4.78 is 3.57. The summed E-state index contributed by atoms with van der Waals surface area (Å²) in [5.74, 6) is 1.11. The van der Waals surface area contributed by atoms with E-state index >= 15 is 0 Å². The second kappa shape index (κ2) is 9.34. The SMILES string of the molecule is CC(C)CCn1c(=O)c2ccccc2n2c(SCC(=O)NCc3ccccc3)nnc12. The summed E-state index contributed by atoms with van der Waals surface area (Å²) in [7, 11) is 0. The van der Waals surface area contributed by atoms with Gasteiger partial charge in [0.1, 0.15) is 0 Å². The Morgan fingerprint density at radius 2 is 1.81 bits per heavy atom. The Kier molecular flexibility index (Phi) is 6.36. The number of fused-ring (bicyclic) bond motifs is 3. The van der Waals surface area contributed by atoms with Gasteiger partial charge in [-0.05, 0) is 30.0 Å². The molecular weight excluding hydrogens is 410 g/mol. The van der Waals surface area contributed by atoms with Crippen molar-refractivity contribution in [2.45, 2.75) is 38.5 Å². The van der Waals surface area contributed by atoms with Crippen molar-refractivity contribution in [2.24, 2.45) is 5.92 Å². The first-order valence-electron chi connectivity index (χ1n) is 10.3. The predicted octanol–water partition coefficient (Wildman–Crippen LogP) is 3.50. The van der Waals surface area contributed by atoms with Crippen molar-refractivity contribution in [1.29, 1.82) is 0 Å². The van der Waals surface area contributed by atoms with E-state index in [-0.39, 0.29) is 17.2 Å². The second-order valence-electron chi connectivity index (χ2n) is 7.83. The molecule has 0 aliphatic rings. The third kappa shape index (κ3) is 4.64. The summed E-state index contributed by atoms with van der Waals surface area (Å²) in [6, 6.07) is 17.2. The molecule has 0 radical (unpaired) electrons. The Morgan fingerprint density at radius 1 is 1.06 bits per heavy atom. The van der Waals surface area contributed by atoms with Crippen LogP contribution in [0.5, 0.6) is 0 Å². The molecule has 1 N–H and O–H groups in total. The van der Waals surface area contributed by atoms with Gasteiger partial charge in [0.2, 0.25) is 11.7 Å². The number of carbonyl (C=O) groups is 1. The van der Waals surface area contributed by atoms with Crippen LogP contribution in [0, 0.1) is 5.92 Å². The Morgan fingerprint density at radius 3 is 2.58 bits per heavy atom. The molecule has 2 aromatic carbocycles. The molecule has 0 fully saturated rings. The Labute approximate surface area is 184 Å². The van der Waals surface area contributed by atoms with Gasteiger partial charge in [-0.1, -0.05) is 68.1 Å². The minimum atomic E-state index is -0.0805. The van der Waals surface area contributed by atoms with Gasteiger partial charge >= 0.3 is 0 Å². The Bertz CT molecular complexity index is 1260. The molecule has 7 nitrogen and oxygen atoms in total. The maximum atomic E-state index is 13.1. The number of aryl methyl sites for hydroxylation is 1. The quantitative estimate of drug-likeness (QED) is 0.429. The predicted molar refractivity (Wildman–Crippen MR) is 123 cm³/mol. The van der Waals surface area contributed by atoms with Crippen molar-refractivity contribution >= 4 is 34.3 Å². The first-order chi connectivity index (χ1) is 15.0. The molecule has 2 aromatic heterocycles. The van der Waals surface area contributed by atoms with Gasteiger partial charge in [-0.25, -0.2) is 0 Å². The van der Waals surface area contributed by atoms with Crippen molar-refractivity contribution in [2.75, 3.05) is 5.75 Å². The summed E-state index contributed by atoms with van der Waals surface area (Å²) in [5, 5.41) is 12.7. The van der Waals surface area contributed by atoms with E-state index < -0.39 is 0 Å². The average Bonchev–Trinajstić information content (AvgIpc) is 3.20. The van der Waals surface area contributed by atoms with Gasteiger partial charge in [-0.15, -0.1) is 10.2 Å². The minimum absolute atomic E-state index is 0.0618.